The van der Waals surface area contributed by atoms with Gasteiger partial charge in [0.15, 0.2) is 18.1 Å². The standard InChI is InChI=1S/C20H23NO4/c1-4-21(11-16-6-8-18-19(10-16)25-13-24-18)20(22)12-23-17-7-5-14(2)15(3)9-17/h5-10H,4,11-13H2,1-3H3. The number of carbonyl (C=O) groups excluding carboxylic acids is 1. The zero-order valence-corrected chi connectivity index (χ0v) is 14.9. The minimum atomic E-state index is -0.0432. The van der Waals surface area contributed by atoms with Crippen molar-refractivity contribution in [1.82, 2.24) is 4.90 Å². The Bertz CT molecular complexity index is 772. The fraction of sp³-hybridized carbons (Fsp3) is 0.350. The smallest absolute Gasteiger partial charge is 0.260 e. The lowest BCUT2D eigenvalue weighted by Gasteiger charge is -2.21. The summed E-state index contributed by atoms with van der Waals surface area (Å²) >= 11 is 0. The number of carbonyl (C=O) groups is 1. The predicted molar refractivity (Wildman–Crippen MR) is 95.1 cm³/mol. The quantitative estimate of drug-likeness (QED) is 0.807. The Balaban J connectivity index is 1.60. The van der Waals surface area contributed by atoms with Crippen LogP contribution in [0, 0.1) is 13.8 Å². The second kappa shape index (κ2) is 7.47. The number of fused-ring (bicyclic) bond motifs is 1. The number of amides is 1. The molecule has 1 amide bonds. The van der Waals surface area contributed by atoms with E-state index in [0.717, 1.165) is 28.4 Å². The van der Waals surface area contributed by atoms with Gasteiger partial charge in [0.1, 0.15) is 5.75 Å². The van der Waals surface area contributed by atoms with Crippen LogP contribution < -0.4 is 14.2 Å². The van der Waals surface area contributed by atoms with Crippen LogP contribution in [-0.4, -0.2) is 30.8 Å². The maximum absolute atomic E-state index is 12.5. The SMILES string of the molecule is CCN(Cc1ccc2c(c1)OCO2)C(=O)COc1ccc(C)c(C)c1. The first-order chi connectivity index (χ1) is 12.1. The van der Waals surface area contributed by atoms with Crippen molar-refractivity contribution >= 4 is 5.91 Å². The highest BCUT2D eigenvalue weighted by molar-refractivity contribution is 5.77. The largest absolute Gasteiger partial charge is 0.484 e. The molecule has 2 aromatic rings. The Morgan fingerprint density at radius 2 is 1.88 bits per heavy atom. The van der Waals surface area contributed by atoms with Crippen LogP contribution in [0.3, 0.4) is 0 Å². The minimum Gasteiger partial charge on any atom is -0.484 e. The Hall–Kier alpha value is -2.69. The predicted octanol–water partition coefficient (Wildman–Crippen LogP) is 3.46. The van der Waals surface area contributed by atoms with Crippen molar-refractivity contribution in [3.63, 3.8) is 0 Å². The lowest BCUT2D eigenvalue weighted by Crippen LogP contribution is -2.34. The Labute approximate surface area is 148 Å². The maximum atomic E-state index is 12.5. The monoisotopic (exact) mass is 341 g/mol. The first-order valence-electron chi connectivity index (χ1n) is 8.43. The van der Waals surface area contributed by atoms with Crippen molar-refractivity contribution in [3.05, 3.63) is 53.1 Å². The molecule has 132 valence electrons. The van der Waals surface area contributed by atoms with Gasteiger partial charge in [0.25, 0.3) is 5.91 Å². The van der Waals surface area contributed by atoms with E-state index in [1.165, 1.54) is 5.56 Å². The minimum absolute atomic E-state index is 0.0287. The van der Waals surface area contributed by atoms with E-state index in [-0.39, 0.29) is 19.3 Å². The Kier molecular flexibility index (Phi) is 5.12. The van der Waals surface area contributed by atoms with Crippen molar-refractivity contribution in [1.29, 1.82) is 0 Å². The number of rotatable bonds is 6. The summed E-state index contributed by atoms with van der Waals surface area (Å²) in [6.07, 6.45) is 0. The molecule has 0 saturated heterocycles. The van der Waals surface area contributed by atoms with Gasteiger partial charge in [-0.3, -0.25) is 4.79 Å². The average molecular weight is 341 g/mol. The van der Waals surface area contributed by atoms with Gasteiger partial charge in [0.05, 0.1) is 0 Å². The molecule has 0 spiro atoms. The molecule has 1 heterocycles. The van der Waals surface area contributed by atoms with Gasteiger partial charge in [0.2, 0.25) is 6.79 Å². The molecule has 1 aliphatic rings. The summed E-state index contributed by atoms with van der Waals surface area (Å²) in [6, 6.07) is 11.6. The van der Waals surface area contributed by atoms with E-state index in [2.05, 4.69) is 6.92 Å². The number of ether oxygens (including phenoxy) is 3. The lowest BCUT2D eigenvalue weighted by atomic mass is 10.1. The van der Waals surface area contributed by atoms with Crippen LogP contribution in [0.2, 0.25) is 0 Å². The molecule has 25 heavy (non-hydrogen) atoms. The molecular weight excluding hydrogens is 318 g/mol. The molecule has 0 fully saturated rings. The molecule has 0 atom stereocenters. The zero-order chi connectivity index (χ0) is 17.8. The fourth-order valence-corrected chi connectivity index (χ4v) is 2.68. The van der Waals surface area contributed by atoms with Gasteiger partial charge in [-0.25, -0.2) is 0 Å². The summed E-state index contributed by atoms with van der Waals surface area (Å²) in [4.78, 5) is 14.2. The van der Waals surface area contributed by atoms with Gasteiger partial charge in [0, 0.05) is 13.1 Å². The van der Waals surface area contributed by atoms with Crippen LogP contribution in [0.15, 0.2) is 36.4 Å². The van der Waals surface area contributed by atoms with Gasteiger partial charge in [-0.2, -0.15) is 0 Å². The molecule has 0 radical (unpaired) electrons. The molecule has 0 aliphatic carbocycles. The van der Waals surface area contributed by atoms with Gasteiger partial charge < -0.3 is 19.1 Å². The summed E-state index contributed by atoms with van der Waals surface area (Å²) < 4.78 is 16.4. The van der Waals surface area contributed by atoms with Crippen molar-refractivity contribution in [2.24, 2.45) is 0 Å². The molecule has 5 nitrogen and oxygen atoms in total. The van der Waals surface area contributed by atoms with Gasteiger partial charge in [-0.15, -0.1) is 0 Å². The number of hydrogen-bond acceptors (Lipinski definition) is 4. The summed E-state index contributed by atoms with van der Waals surface area (Å²) in [5.74, 6) is 2.15. The first kappa shape index (κ1) is 17.1. The van der Waals surface area contributed by atoms with E-state index in [4.69, 9.17) is 14.2 Å². The van der Waals surface area contributed by atoms with Gasteiger partial charge in [-0.1, -0.05) is 12.1 Å². The molecule has 1 aliphatic heterocycles. The Morgan fingerprint density at radius 3 is 2.64 bits per heavy atom. The topological polar surface area (TPSA) is 48.0 Å². The van der Waals surface area contributed by atoms with Crippen LogP contribution in [-0.2, 0) is 11.3 Å². The highest BCUT2D eigenvalue weighted by Crippen LogP contribution is 2.32. The third kappa shape index (κ3) is 4.05. The first-order valence-corrected chi connectivity index (χ1v) is 8.43. The molecule has 5 heteroatoms. The van der Waals surface area contributed by atoms with Crippen molar-refractivity contribution in [2.45, 2.75) is 27.3 Å². The number of aryl methyl sites for hydroxylation is 2. The summed E-state index contributed by atoms with van der Waals surface area (Å²) in [5, 5.41) is 0. The van der Waals surface area contributed by atoms with Gasteiger partial charge in [-0.05, 0) is 61.7 Å². The summed E-state index contributed by atoms with van der Waals surface area (Å²) in [5.41, 5.74) is 3.36. The molecule has 0 bridgehead atoms. The molecule has 2 aromatic carbocycles. The summed E-state index contributed by atoms with van der Waals surface area (Å²) in [6.45, 7) is 7.45. The van der Waals surface area contributed by atoms with E-state index in [1.807, 2.05) is 50.2 Å². The third-order valence-corrected chi connectivity index (χ3v) is 4.39. The number of likely N-dealkylation sites (N-methyl/N-ethyl adjacent to an activating group) is 1. The molecule has 0 saturated carbocycles. The maximum Gasteiger partial charge on any atom is 0.260 e. The van der Waals surface area contributed by atoms with E-state index >= 15 is 0 Å². The number of nitrogens with zero attached hydrogens (tertiary/aromatic N) is 1. The van der Waals surface area contributed by atoms with Crippen LogP contribution in [0.4, 0.5) is 0 Å². The molecular formula is C20H23NO4. The normalized spacial score (nSPS) is 12.1. The average Bonchev–Trinajstić information content (AvgIpc) is 3.08. The number of hydrogen-bond donors (Lipinski definition) is 0. The molecule has 0 aromatic heterocycles. The molecule has 0 unspecified atom stereocenters. The fourth-order valence-electron chi connectivity index (χ4n) is 2.68. The van der Waals surface area contributed by atoms with Crippen LogP contribution in [0.5, 0.6) is 17.2 Å². The number of benzene rings is 2. The van der Waals surface area contributed by atoms with Gasteiger partial charge >= 0.3 is 0 Å². The van der Waals surface area contributed by atoms with E-state index < -0.39 is 0 Å². The van der Waals surface area contributed by atoms with Crippen molar-refractivity contribution in [2.75, 3.05) is 19.9 Å². The summed E-state index contributed by atoms with van der Waals surface area (Å²) in [7, 11) is 0. The van der Waals surface area contributed by atoms with E-state index in [9.17, 15) is 4.79 Å². The van der Waals surface area contributed by atoms with Crippen LogP contribution >= 0.6 is 0 Å². The van der Waals surface area contributed by atoms with Crippen molar-refractivity contribution < 1.29 is 19.0 Å². The van der Waals surface area contributed by atoms with Crippen molar-refractivity contribution in [3.8, 4) is 17.2 Å². The van der Waals surface area contributed by atoms with E-state index in [0.29, 0.717) is 13.1 Å². The highest BCUT2D eigenvalue weighted by Gasteiger charge is 2.17. The Morgan fingerprint density at radius 1 is 1.08 bits per heavy atom. The molecule has 0 N–H and O–H groups in total. The zero-order valence-electron chi connectivity index (χ0n) is 14.9. The highest BCUT2D eigenvalue weighted by atomic mass is 16.7. The van der Waals surface area contributed by atoms with Crippen LogP contribution in [0.1, 0.15) is 23.6 Å². The van der Waals surface area contributed by atoms with Crippen LogP contribution in [0.25, 0.3) is 0 Å². The third-order valence-electron chi connectivity index (χ3n) is 4.39. The lowest BCUT2D eigenvalue weighted by molar-refractivity contribution is -0.133. The van der Waals surface area contributed by atoms with E-state index in [1.54, 1.807) is 4.90 Å². The second-order valence-corrected chi connectivity index (χ2v) is 6.13. The molecule has 3 rings (SSSR count). The second-order valence-electron chi connectivity index (χ2n) is 6.13.